The van der Waals surface area contributed by atoms with Gasteiger partial charge in [0.2, 0.25) is 0 Å². The van der Waals surface area contributed by atoms with E-state index in [2.05, 4.69) is 69.4 Å². The Morgan fingerprint density at radius 3 is 0.984 bits per heavy atom. The third kappa shape index (κ3) is 48.4. The monoisotopic (exact) mass is 869 g/mol. The smallest absolute Gasteiger partial charge is 0.306 e. The van der Waals surface area contributed by atoms with Crippen molar-refractivity contribution in [3.05, 3.63) is 48.6 Å². The maximum Gasteiger partial charge on any atom is 0.306 e. The Hall–Kier alpha value is -2.63. The third-order valence-corrected chi connectivity index (χ3v) is 11.6. The van der Waals surface area contributed by atoms with Crippen molar-refractivity contribution in [1.29, 1.82) is 0 Å². The van der Waals surface area contributed by atoms with Gasteiger partial charge in [-0.3, -0.25) is 14.4 Å². The van der Waals surface area contributed by atoms with Crippen LogP contribution in [0.4, 0.5) is 0 Å². The fourth-order valence-corrected chi connectivity index (χ4v) is 7.61. The number of carbonyl (C=O) groups is 3. The molecular weight excluding hydrogens is 769 g/mol. The Morgan fingerprint density at radius 1 is 0.339 bits per heavy atom. The zero-order valence-electron chi connectivity index (χ0n) is 41.1. The fraction of sp³-hybridized carbons (Fsp3) is 0.804. The van der Waals surface area contributed by atoms with Gasteiger partial charge in [-0.25, -0.2) is 0 Å². The molecule has 0 saturated heterocycles. The van der Waals surface area contributed by atoms with Crippen molar-refractivity contribution in [1.82, 2.24) is 0 Å². The van der Waals surface area contributed by atoms with Crippen LogP contribution in [0.15, 0.2) is 48.6 Å². The lowest BCUT2D eigenvalue weighted by molar-refractivity contribution is -0.167. The first-order valence-corrected chi connectivity index (χ1v) is 26.6. The molecule has 0 saturated carbocycles. The summed E-state index contributed by atoms with van der Waals surface area (Å²) in [5.74, 6) is -0.876. The van der Waals surface area contributed by atoms with Crippen LogP contribution in [0, 0.1) is 0 Å². The Bertz CT molecular complexity index is 1090. The molecule has 0 aromatic heterocycles. The van der Waals surface area contributed by atoms with E-state index in [1.165, 1.54) is 141 Å². The quantitative estimate of drug-likeness (QED) is 0.0262. The van der Waals surface area contributed by atoms with Crippen LogP contribution in [-0.4, -0.2) is 37.2 Å². The molecule has 0 aromatic rings. The predicted molar refractivity (Wildman–Crippen MR) is 265 cm³/mol. The lowest BCUT2D eigenvalue weighted by atomic mass is 10.0. The second-order valence-electron chi connectivity index (χ2n) is 17.8. The van der Waals surface area contributed by atoms with Gasteiger partial charge in [-0.15, -0.1) is 0 Å². The second-order valence-corrected chi connectivity index (χ2v) is 17.8. The van der Waals surface area contributed by atoms with Gasteiger partial charge in [-0.05, 0) is 57.8 Å². The Labute approximate surface area is 384 Å². The van der Waals surface area contributed by atoms with Crippen LogP contribution in [0.1, 0.15) is 271 Å². The average molecular weight is 869 g/mol. The number of hydrogen-bond acceptors (Lipinski definition) is 6. The van der Waals surface area contributed by atoms with Crippen LogP contribution < -0.4 is 0 Å². The van der Waals surface area contributed by atoms with Gasteiger partial charge >= 0.3 is 17.9 Å². The Balaban J connectivity index is 3.99. The number of hydrogen-bond donors (Lipinski definition) is 0. The van der Waals surface area contributed by atoms with Crippen LogP contribution in [0.2, 0.25) is 0 Å². The molecule has 0 amide bonds. The summed E-state index contributed by atoms with van der Waals surface area (Å²) in [5, 5.41) is 0. The minimum atomic E-state index is -0.764. The van der Waals surface area contributed by atoms with E-state index in [1.54, 1.807) is 0 Å². The molecule has 6 heteroatoms. The first-order valence-electron chi connectivity index (χ1n) is 26.6. The molecule has 0 aliphatic heterocycles. The summed E-state index contributed by atoms with van der Waals surface area (Å²) in [4.78, 5) is 37.6. The molecule has 1 unspecified atom stereocenters. The number of ether oxygens (including phenoxy) is 3. The lowest BCUT2D eigenvalue weighted by Crippen LogP contribution is -2.30. The van der Waals surface area contributed by atoms with Crippen molar-refractivity contribution in [2.75, 3.05) is 13.2 Å². The first-order chi connectivity index (χ1) is 30.5. The summed E-state index contributed by atoms with van der Waals surface area (Å²) >= 11 is 0. The zero-order chi connectivity index (χ0) is 45.1. The van der Waals surface area contributed by atoms with Crippen LogP contribution in [-0.2, 0) is 28.6 Å². The third-order valence-electron chi connectivity index (χ3n) is 11.6. The normalized spacial score (nSPS) is 12.4. The van der Waals surface area contributed by atoms with Gasteiger partial charge in [-0.2, -0.15) is 0 Å². The van der Waals surface area contributed by atoms with Gasteiger partial charge in [0.25, 0.3) is 0 Å². The van der Waals surface area contributed by atoms with E-state index in [9.17, 15) is 14.4 Å². The number of allylic oxidation sites excluding steroid dienone is 8. The summed E-state index contributed by atoms with van der Waals surface area (Å²) < 4.78 is 16.7. The van der Waals surface area contributed by atoms with E-state index in [0.29, 0.717) is 19.3 Å². The predicted octanol–water partition coefficient (Wildman–Crippen LogP) is 17.5. The van der Waals surface area contributed by atoms with E-state index in [1.807, 2.05) is 0 Å². The first kappa shape index (κ1) is 59.4. The van der Waals surface area contributed by atoms with E-state index < -0.39 is 6.10 Å². The average Bonchev–Trinajstić information content (AvgIpc) is 3.27. The molecule has 0 aromatic carbocycles. The molecule has 0 spiro atoms. The van der Waals surface area contributed by atoms with Crippen molar-refractivity contribution < 1.29 is 28.6 Å². The van der Waals surface area contributed by atoms with Gasteiger partial charge in [0, 0.05) is 19.3 Å². The molecule has 0 N–H and O–H groups in total. The topological polar surface area (TPSA) is 78.9 Å². The summed E-state index contributed by atoms with van der Waals surface area (Å²) in [6.45, 7) is 6.45. The fourth-order valence-electron chi connectivity index (χ4n) is 7.61. The molecule has 0 fully saturated rings. The molecule has 0 radical (unpaired) electrons. The molecule has 1 atom stereocenters. The van der Waals surface area contributed by atoms with Gasteiger partial charge in [0.15, 0.2) is 6.10 Å². The highest BCUT2D eigenvalue weighted by Crippen LogP contribution is 2.16. The lowest BCUT2D eigenvalue weighted by Gasteiger charge is -2.18. The van der Waals surface area contributed by atoms with Gasteiger partial charge in [0.05, 0.1) is 0 Å². The highest BCUT2D eigenvalue weighted by atomic mass is 16.6. The minimum absolute atomic E-state index is 0.0700. The largest absolute Gasteiger partial charge is 0.462 e. The van der Waals surface area contributed by atoms with E-state index >= 15 is 0 Å². The molecular formula is C56H100O6. The summed E-state index contributed by atoms with van der Waals surface area (Å²) in [7, 11) is 0. The highest BCUT2D eigenvalue weighted by molar-refractivity contribution is 5.71. The van der Waals surface area contributed by atoms with Crippen LogP contribution in [0.25, 0.3) is 0 Å². The van der Waals surface area contributed by atoms with Crippen molar-refractivity contribution in [2.45, 2.75) is 277 Å². The van der Waals surface area contributed by atoms with E-state index in [4.69, 9.17) is 14.2 Å². The van der Waals surface area contributed by atoms with Crippen molar-refractivity contribution in [3.8, 4) is 0 Å². The molecule has 0 bridgehead atoms. The van der Waals surface area contributed by atoms with Crippen LogP contribution in [0.5, 0.6) is 0 Å². The number of rotatable bonds is 48. The van der Waals surface area contributed by atoms with E-state index in [-0.39, 0.29) is 31.1 Å². The molecule has 0 rings (SSSR count). The maximum atomic E-state index is 12.7. The second kappa shape index (κ2) is 51.0. The number of esters is 3. The summed E-state index contributed by atoms with van der Waals surface area (Å²) in [6, 6.07) is 0. The van der Waals surface area contributed by atoms with Gasteiger partial charge in [0.1, 0.15) is 13.2 Å². The molecule has 0 heterocycles. The van der Waals surface area contributed by atoms with Gasteiger partial charge in [-0.1, -0.05) is 243 Å². The van der Waals surface area contributed by atoms with Gasteiger partial charge < -0.3 is 14.2 Å². The standard InChI is InChI=1S/C56H100O6/c1-4-7-10-13-15-17-19-21-22-23-24-25-26-27-28-29-30-31-32-33-34-35-37-38-40-43-46-49-55(58)61-52-53(51-60-54(57)48-45-42-12-9-6-3)62-56(59)50-47-44-41-39-36-20-18-16-14-11-8-5-2/h7,10,15,17,21-22,24-25,53H,4-6,8-9,11-14,16,18-20,23,26-52H2,1-3H3/b10-7-,17-15-,22-21-,25-24-. The Morgan fingerprint density at radius 2 is 0.629 bits per heavy atom. The maximum absolute atomic E-state index is 12.7. The van der Waals surface area contributed by atoms with Crippen molar-refractivity contribution >= 4 is 17.9 Å². The van der Waals surface area contributed by atoms with Crippen LogP contribution in [0.3, 0.4) is 0 Å². The molecule has 360 valence electrons. The number of carbonyl (C=O) groups excluding carboxylic acids is 3. The highest BCUT2D eigenvalue weighted by Gasteiger charge is 2.19. The zero-order valence-corrected chi connectivity index (χ0v) is 41.1. The summed E-state index contributed by atoms with van der Waals surface area (Å²) in [5.41, 5.74) is 0. The molecule has 62 heavy (non-hydrogen) atoms. The minimum Gasteiger partial charge on any atom is -0.462 e. The molecule has 6 nitrogen and oxygen atoms in total. The number of unbranched alkanes of at least 4 members (excludes halogenated alkanes) is 29. The Kier molecular flexibility index (Phi) is 48.8. The summed E-state index contributed by atoms with van der Waals surface area (Å²) in [6.07, 6.45) is 61.5. The molecule has 0 aliphatic rings. The SMILES string of the molecule is CC/C=C\C/C=C\C/C=C\C/C=C\CCCCCCCCCCCCCCCCC(=O)OCC(COC(=O)CCCCCCC)OC(=O)CCCCCCCCCCCCCC. The van der Waals surface area contributed by atoms with Crippen molar-refractivity contribution in [3.63, 3.8) is 0 Å². The van der Waals surface area contributed by atoms with Crippen LogP contribution >= 0.6 is 0 Å². The van der Waals surface area contributed by atoms with Crippen molar-refractivity contribution in [2.24, 2.45) is 0 Å². The van der Waals surface area contributed by atoms with E-state index in [0.717, 1.165) is 89.9 Å². The molecule has 0 aliphatic carbocycles.